The average Bonchev–Trinajstić information content (AvgIpc) is 2.34. The van der Waals surface area contributed by atoms with Crippen molar-refractivity contribution in [1.29, 1.82) is 0 Å². The van der Waals surface area contributed by atoms with Gasteiger partial charge in [-0.15, -0.1) is 0 Å². The summed E-state index contributed by atoms with van der Waals surface area (Å²) in [7, 11) is 0. The van der Waals surface area contributed by atoms with E-state index < -0.39 is 0 Å². The molecule has 0 atom stereocenters. The van der Waals surface area contributed by atoms with Crippen molar-refractivity contribution < 1.29 is 4.79 Å². The third-order valence-electron chi connectivity index (χ3n) is 2.93. The quantitative estimate of drug-likeness (QED) is 0.858. The topological polar surface area (TPSA) is 29.1 Å². The first-order valence-electron chi connectivity index (χ1n) is 6.08. The van der Waals surface area contributed by atoms with Gasteiger partial charge < -0.3 is 5.32 Å². The van der Waals surface area contributed by atoms with E-state index in [1.165, 1.54) is 16.3 Å². The Hall–Kier alpha value is -1.35. The maximum absolute atomic E-state index is 10.8. The second-order valence-corrected chi connectivity index (χ2v) is 5.28. The lowest BCUT2D eigenvalue weighted by Crippen LogP contribution is -2.21. The van der Waals surface area contributed by atoms with E-state index in [-0.39, 0.29) is 5.91 Å². The largest absolute Gasteiger partial charge is 0.356 e. The molecule has 2 nitrogen and oxygen atoms in total. The Morgan fingerprint density at radius 2 is 2.11 bits per heavy atom. The maximum atomic E-state index is 10.8. The van der Waals surface area contributed by atoms with Crippen molar-refractivity contribution in [3.8, 4) is 0 Å². The van der Waals surface area contributed by atoms with Crippen LogP contribution in [0.15, 0.2) is 40.9 Å². The van der Waals surface area contributed by atoms with Gasteiger partial charge in [-0.3, -0.25) is 4.79 Å². The van der Waals surface area contributed by atoms with Crippen molar-refractivity contribution in [2.45, 2.75) is 19.8 Å². The van der Waals surface area contributed by atoms with Gasteiger partial charge in [-0.05, 0) is 41.3 Å². The summed E-state index contributed by atoms with van der Waals surface area (Å²) in [6.45, 7) is 2.29. The lowest BCUT2D eigenvalue weighted by molar-refractivity contribution is -0.118. The summed E-state index contributed by atoms with van der Waals surface area (Å²) in [6.07, 6.45) is 1.94. The van der Waals surface area contributed by atoms with Gasteiger partial charge in [-0.25, -0.2) is 0 Å². The normalized spacial score (nSPS) is 10.6. The highest BCUT2D eigenvalue weighted by Gasteiger charge is 2.01. The lowest BCUT2D eigenvalue weighted by Gasteiger charge is -2.07. The van der Waals surface area contributed by atoms with E-state index in [1.54, 1.807) is 6.92 Å². The molecule has 0 aliphatic carbocycles. The van der Waals surface area contributed by atoms with Gasteiger partial charge in [0.1, 0.15) is 0 Å². The molecular formula is C15H16BrNO. The van der Waals surface area contributed by atoms with Gasteiger partial charge in [0.05, 0.1) is 0 Å². The molecule has 0 aliphatic rings. The summed E-state index contributed by atoms with van der Waals surface area (Å²) in [6, 6.07) is 12.7. The number of amides is 1. The molecule has 2 rings (SSSR count). The van der Waals surface area contributed by atoms with Gasteiger partial charge in [0.25, 0.3) is 0 Å². The van der Waals surface area contributed by atoms with Crippen molar-refractivity contribution in [3.63, 3.8) is 0 Å². The number of carbonyl (C=O) groups excluding carboxylic acids is 1. The predicted octanol–water partition coefficient (Wildman–Crippen LogP) is 3.67. The number of hydrogen-bond donors (Lipinski definition) is 1. The molecular weight excluding hydrogens is 290 g/mol. The monoisotopic (exact) mass is 305 g/mol. The molecule has 1 amide bonds. The molecule has 0 saturated heterocycles. The molecule has 0 aliphatic heterocycles. The van der Waals surface area contributed by atoms with Crippen LogP contribution in [0.3, 0.4) is 0 Å². The van der Waals surface area contributed by atoms with Crippen LogP contribution in [-0.2, 0) is 11.2 Å². The smallest absolute Gasteiger partial charge is 0.216 e. The summed E-state index contributed by atoms with van der Waals surface area (Å²) in [5.41, 5.74) is 1.33. The first-order valence-corrected chi connectivity index (χ1v) is 6.88. The molecule has 94 valence electrons. The average molecular weight is 306 g/mol. The summed E-state index contributed by atoms with van der Waals surface area (Å²) in [4.78, 5) is 10.8. The number of nitrogens with one attached hydrogen (secondary N) is 1. The van der Waals surface area contributed by atoms with Crippen LogP contribution in [0.5, 0.6) is 0 Å². The number of rotatable bonds is 4. The Morgan fingerprint density at radius 3 is 2.89 bits per heavy atom. The van der Waals surface area contributed by atoms with Gasteiger partial charge in [-0.2, -0.15) is 0 Å². The minimum Gasteiger partial charge on any atom is -0.356 e. The van der Waals surface area contributed by atoms with E-state index in [0.717, 1.165) is 23.9 Å². The highest BCUT2D eigenvalue weighted by atomic mass is 79.9. The molecule has 2 aromatic carbocycles. The number of benzene rings is 2. The van der Waals surface area contributed by atoms with Crippen LogP contribution < -0.4 is 5.32 Å². The van der Waals surface area contributed by atoms with Crippen LogP contribution in [0, 0.1) is 0 Å². The molecule has 0 radical (unpaired) electrons. The van der Waals surface area contributed by atoms with E-state index in [1.807, 2.05) is 0 Å². The molecule has 0 unspecified atom stereocenters. The zero-order valence-electron chi connectivity index (χ0n) is 10.4. The number of aryl methyl sites for hydroxylation is 1. The standard InChI is InChI=1S/C15H16BrNO/c1-11(18)17-9-3-6-12-4-2-5-13-7-8-14(16)10-15(12)13/h2,4-5,7-8,10H,3,6,9H2,1H3,(H,17,18). The van der Waals surface area contributed by atoms with E-state index >= 15 is 0 Å². The molecule has 1 N–H and O–H groups in total. The Balaban J connectivity index is 2.12. The van der Waals surface area contributed by atoms with E-state index in [0.29, 0.717) is 0 Å². The summed E-state index contributed by atoms with van der Waals surface area (Å²) in [5.74, 6) is 0.0377. The number of fused-ring (bicyclic) bond motifs is 1. The molecule has 0 spiro atoms. The summed E-state index contributed by atoms with van der Waals surface area (Å²) in [5, 5.41) is 5.37. The zero-order chi connectivity index (χ0) is 13.0. The van der Waals surface area contributed by atoms with Crippen molar-refractivity contribution in [1.82, 2.24) is 5.32 Å². The van der Waals surface area contributed by atoms with Crippen molar-refractivity contribution in [2.24, 2.45) is 0 Å². The van der Waals surface area contributed by atoms with Gasteiger partial charge in [-0.1, -0.05) is 40.2 Å². The zero-order valence-corrected chi connectivity index (χ0v) is 12.0. The van der Waals surface area contributed by atoms with Crippen molar-refractivity contribution in [2.75, 3.05) is 6.54 Å². The van der Waals surface area contributed by atoms with E-state index in [2.05, 4.69) is 57.6 Å². The SMILES string of the molecule is CC(=O)NCCCc1cccc2ccc(Br)cc12. The van der Waals surface area contributed by atoms with E-state index in [4.69, 9.17) is 0 Å². The minimum absolute atomic E-state index is 0.0377. The van der Waals surface area contributed by atoms with Gasteiger partial charge in [0.15, 0.2) is 0 Å². The van der Waals surface area contributed by atoms with Crippen molar-refractivity contribution in [3.05, 3.63) is 46.4 Å². The highest BCUT2D eigenvalue weighted by Crippen LogP contribution is 2.23. The number of hydrogen-bond acceptors (Lipinski definition) is 1. The fraction of sp³-hybridized carbons (Fsp3) is 0.267. The van der Waals surface area contributed by atoms with Crippen LogP contribution in [0.25, 0.3) is 10.8 Å². The Labute approximate surface area is 116 Å². The summed E-state index contributed by atoms with van der Waals surface area (Å²) < 4.78 is 1.10. The molecule has 0 saturated carbocycles. The fourth-order valence-electron chi connectivity index (χ4n) is 2.07. The van der Waals surface area contributed by atoms with Gasteiger partial charge in [0, 0.05) is 17.9 Å². The Kier molecular flexibility index (Phi) is 4.37. The molecule has 0 aromatic heterocycles. The molecule has 3 heteroatoms. The van der Waals surface area contributed by atoms with Crippen LogP contribution >= 0.6 is 15.9 Å². The number of halogens is 1. The maximum Gasteiger partial charge on any atom is 0.216 e. The third kappa shape index (κ3) is 3.33. The molecule has 0 fully saturated rings. The van der Waals surface area contributed by atoms with Crippen molar-refractivity contribution >= 4 is 32.6 Å². The van der Waals surface area contributed by atoms with Gasteiger partial charge >= 0.3 is 0 Å². The second kappa shape index (κ2) is 6.01. The minimum atomic E-state index is 0.0377. The van der Waals surface area contributed by atoms with Crippen LogP contribution in [0.2, 0.25) is 0 Å². The van der Waals surface area contributed by atoms with E-state index in [9.17, 15) is 4.79 Å². The van der Waals surface area contributed by atoms with Crippen LogP contribution in [0.1, 0.15) is 18.9 Å². The molecule has 18 heavy (non-hydrogen) atoms. The second-order valence-electron chi connectivity index (χ2n) is 4.37. The predicted molar refractivity (Wildman–Crippen MR) is 78.7 cm³/mol. The van der Waals surface area contributed by atoms with Gasteiger partial charge in [0.2, 0.25) is 5.91 Å². The summed E-state index contributed by atoms with van der Waals surface area (Å²) >= 11 is 3.51. The Morgan fingerprint density at radius 1 is 1.28 bits per heavy atom. The molecule has 0 bridgehead atoms. The highest BCUT2D eigenvalue weighted by molar-refractivity contribution is 9.10. The number of carbonyl (C=O) groups is 1. The molecule has 0 heterocycles. The van der Waals surface area contributed by atoms with Crippen LogP contribution in [0.4, 0.5) is 0 Å². The fourth-order valence-corrected chi connectivity index (χ4v) is 2.43. The van der Waals surface area contributed by atoms with Crippen LogP contribution in [-0.4, -0.2) is 12.5 Å². The lowest BCUT2D eigenvalue weighted by atomic mass is 10.0. The Bertz CT molecular complexity index is 565. The third-order valence-corrected chi connectivity index (χ3v) is 3.42. The molecule has 2 aromatic rings. The first-order chi connectivity index (χ1) is 8.66. The first kappa shape index (κ1) is 13.1.